The minimum Gasteiger partial charge on any atom is -0.507 e. The number of hydrogen-bond donors (Lipinski definition) is 1. The Balaban J connectivity index is 0.00000325. The fourth-order valence-corrected chi connectivity index (χ4v) is 10.1. The zero-order valence-corrected chi connectivity index (χ0v) is 29.4. The number of ether oxygens (including phenoxy) is 1. The van der Waals surface area contributed by atoms with Gasteiger partial charge < -0.3 is 14.4 Å². The summed E-state index contributed by atoms with van der Waals surface area (Å²) >= 11 is 0. The Morgan fingerprint density at radius 2 is 1.51 bits per heavy atom. The molecule has 226 valence electrons. The van der Waals surface area contributed by atoms with Gasteiger partial charge in [0.05, 0.1) is 22.4 Å². The van der Waals surface area contributed by atoms with Gasteiger partial charge in [0.25, 0.3) is 6.33 Å². The minimum atomic E-state index is -2.11. The molecule has 0 atom stereocenters. The van der Waals surface area contributed by atoms with Crippen molar-refractivity contribution in [1.29, 1.82) is 0 Å². The largest absolute Gasteiger partial charge is 2.00 e. The molecule has 0 aliphatic carbocycles. The van der Waals surface area contributed by atoms with E-state index in [1.54, 1.807) is 12.1 Å². The number of aromatic nitrogens is 3. The second-order valence-electron chi connectivity index (χ2n) is 13.6. The van der Waals surface area contributed by atoms with Crippen molar-refractivity contribution < 1.29 is 35.5 Å². The molecular formula is C38H34N3O2PtSi+. The molecule has 45 heavy (non-hydrogen) atoms. The van der Waals surface area contributed by atoms with E-state index < -0.39 is 8.07 Å². The van der Waals surface area contributed by atoms with Crippen LogP contribution in [-0.2, 0) is 31.9 Å². The Bertz CT molecular complexity index is 2160. The van der Waals surface area contributed by atoms with Crippen LogP contribution in [0.5, 0.6) is 17.4 Å². The van der Waals surface area contributed by atoms with E-state index in [1.807, 2.05) is 36.4 Å². The molecule has 2 aliphatic heterocycles. The molecule has 0 fully saturated rings. The van der Waals surface area contributed by atoms with Gasteiger partial charge in [0, 0.05) is 25.5 Å². The number of para-hydroxylation sites is 2. The van der Waals surface area contributed by atoms with Crippen LogP contribution in [0.2, 0.25) is 13.1 Å². The van der Waals surface area contributed by atoms with Gasteiger partial charge in [-0.3, -0.25) is 4.57 Å². The average molecular weight is 788 g/mol. The van der Waals surface area contributed by atoms with Crippen molar-refractivity contribution >= 4 is 29.5 Å². The van der Waals surface area contributed by atoms with E-state index in [0.717, 1.165) is 5.69 Å². The maximum atomic E-state index is 10.4. The Morgan fingerprint density at radius 3 is 2.31 bits per heavy atom. The third kappa shape index (κ3) is 4.08. The van der Waals surface area contributed by atoms with Crippen LogP contribution in [0.4, 0.5) is 0 Å². The maximum Gasteiger partial charge on any atom is 2.00 e. The topological polar surface area (TPSA) is 51.2 Å². The number of phenolic OH excluding ortho intramolecular Hbond substituents is 1. The third-order valence-electron chi connectivity index (χ3n) is 10.4. The van der Waals surface area contributed by atoms with E-state index in [9.17, 15) is 5.11 Å². The van der Waals surface area contributed by atoms with Gasteiger partial charge in [-0.15, -0.1) is 17.3 Å². The summed E-state index contributed by atoms with van der Waals surface area (Å²) in [5, 5.41) is 13.1. The Morgan fingerprint density at radius 1 is 0.800 bits per heavy atom. The Labute approximate surface area is 279 Å². The first kappa shape index (κ1) is 29.7. The first-order valence-electron chi connectivity index (χ1n) is 15.1. The minimum absolute atomic E-state index is 0. The zero-order chi connectivity index (χ0) is 30.6. The van der Waals surface area contributed by atoms with Crippen LogP contribution in [0.25, 0.3) is 33.7 Å². The Kier molecular flexibility index (Phi) is 6.60. The number of imidazole rings is 1. The van der Waals surface area contributed by atoms with E-state index in [0.29, 0.717) is 22.9 Å². The average Bonchev–Trinajstić information content (AvgIpc) is 3.39. The monoisotopic (exact) mass is 787 g/mol. The first-order chi connectivity index (χ1) is 21.0. The van der Waals surface area contributed by atoms with Gasteiger partial charge in [-0.2, -0.15) is 6.07 Å². The normalized spacial score (nSPS) is 16.2. The molecule has 0 spiro atoms. The number of rotatable bonds is 3. The summed E-state index contributed by atoms with van der Waals surface area (Å²) in [5.74, 6) is 1.22. The third-order valence-corrected chi connectivity index (χ3v) is 13.9. The van der Waals surface area contributed by atoms with Crippen LogP contribution < -0.4 is 19.7 Å². The van der Waals surface area contributed by atoms with E-state index in [4.69, 9.17) is 9.72 Å². The molecule has 4 heterocycles. The second-order valence-corrected chi connectivity index (χ2v) is 17.9. The molecule has 0 radical (unpaired) electrons. The van der Waals surface area contributed by atoms with Crippen molar-refractivity contribution in [1.82, 2.24) is 9.55 Å². The summed E-state index contributed by atoms with van der Waals surface area (Å²) < 4.78 is 10.8. The Hall–Kier alpha value is -3.99. The first-order valence-corrected chi connectivity index (χ1v) is 18.1. The second kappa shape index (κ2) is 10.0. The van der Waals surface area contributed by atoms with Gasteiger partial charge in [0.1, 0.15) is 5.75 Å². The summed E-state index contributed by atoms with van der Waals surface area (Å²) in [6.07, 6.45) is 3.79. The molecule has 0 bridgehead atoms. The summed E-state index contributed by atoms with van der Waals surface area (Å²) in [7, 11) is -2.11. The number of fused-ring (bicyclic) bond motifs is 4. The van der Waals surface area contributed by atoms with Crippen LogP contribution in [0.3, 0.4) is 0 Å². The molecule has 0 unspecified atom stereocenters. The van der Waals surface area contributed by atoms with Gasteiger partial charge in [-0.25, -0.2) is 4.98 Å². The van der Waals surface area contributed by atoms with Crippen LogP contribution in [-0.4, -0.2) is 22.7 Å². The molecule has 2 aromatic heterocycles. The van der Waals surface area contributed by atoms with Gasteiger partial charge >= 0.3 is 21.1 Å². The maximum absolute atomic E-state index is 10.4. The van der Waals surface area contributed by atoms with Crippen molar-refractivity contribution in [2.45, 2.75) is 51.6 Å². The van der Waals surface area contributed by atoms with E-state index in [1.165, 1.54) is 38.2 Å². The van der Waals surface area contributed by atoms with E-state index >= 15 is 0 Å². The standard InChI is InChI=1S/C38H34N3O2Si.Pt/c1-37(2)26-13-8-9-15-29(26)40-23-41-30-22-24(43-34-17-11-14-28(39-34)25-12-7-10-16-31(25)42)18-20-32(30)44(5,6)33-21-19-27(38(37,3)4)35(40)36(33)41;/h7-21,42H,1-6H3;/q-1;+2. The predicted octanol–water partition coefficient (Wildman–Crippen LogP) is 6.77. The molecule has 8 rings (SSSR count). The van der Waals surface area contributed by atoms with Crippen molar-refractivity contribution in [2.24, 2.45) is 0 Å². The number of pyridine rings is 1. The molecule has 2 aliphatic rings. The summed E-state index contributed by atoms with van der Waals surface area (Å²) in [6.45, 7) is 14.3. The van der Waals surface area contributed by atoms with Gasteiger partial charge in [0.2, 0.25) is 5.88 Å². The van der Waals surface area contributed by atoms with Crippen LogP contribution in [0.1, 0.15) is 38.8 Å². The van der Waals surface area contributed by atoms with Crippen LogP contribution in [0.15, 0.2) is 91.0 Å². The molecule has 6 aromatic rings. The van der Waals surface area contributed by atoms with E-state index in [-0.39, 0.29) is 37.6 Å². The SMILES string of the molecule is CC1(C)c2ccccc2-[n+]2[c-]n3c4c(ccc(c42)C1(C)C)[Si](C)(C)c1ccc(Oc2cccc(-c4ccccc4O)n2)[c-]c1-3.[Pt+2]. The van der Waals surface area contributed by atoms with Crippen molar-refractivity contribution in [3.8, 4) is 40.0 Å². The molecular weight excluding hydrogens is 754 g/mol. The fraction of sp³-hybridized carbons (Fsp3) is 0.211. The van der Waals surface area contributed by atoms with Crippen LogP contribution in [0, 0.1) is 12.4 Å². The summed E-state index contributed by atoms with van der Waals surface area (Å²) in [4.78, 5) is 4.70. The van der Waals surface area contributed by atoms with Crippen molar-refractivity contribution in [3.63, 3.8) is 0 Å². The van der Waals surface area contributed by atoms with Crippen molar-refractivity contribution in [2.75, 3.05) is 0 Å². The zero-order valence-electron chi connectivity index (χ0n) is 26.2. The molecule has 1 N–H and O–H groups in total. The molecule has 7 heteroatoms. The van der Waals surface area contributed by atoms with E-state index in [2.05, 4.69) is 105 Å². The quantitative estimate of drug-likeness (QED) is 0.123. The van der Waals surface area contributed by atoms with Crippen molar-refractivity contribution in [3.05, 3.63) is 115 Å². The molecule has 5 nitrogen and oxygen atoms in total. The molecule has 0 amide bonds. The van der Waals surface area contributed by atoms with Gasteiger partial charge in [-0.05, 0) is 51.9 Å². The number of nitrogens with zero attached hydrogens (tertiary/aromatic N) is 3. The summed E-state index contributed by atoms with van der Waals surface area (Å²) in [5.41, 5.74) is 8.33. The fourth-order valence-electron chi connectivity index (χ4n) is 7.22. The predicted molar refractivity (Wildman–Crippen MR) is 177 cm³/mol. The van der Waals surface area contributed by atoms with Gasteiger partial charge in [0.15, 0.2) is 0 Å². The van der Waals surface area contributed by atoms with Crippen LogP contribution >= 0.6 is 0 Å². The number of aromatic hydroxyl groups is 1. The number of benzene rings is 4. The van der Waals surface area contributed by atoms with Gasteiger partial charge in [-0.1, -0.05) is 94.5 Å². The molecule has 4 aromatic carbocycles. The number of hydrogen-bond acceptors (Lipinski definition) is 3. The molecule has 0 saturated heterocycles. The smallest absolute Gasteiger partial charge is 0.507 e. The number of phenols is 1. The molecule has 0 saturated carbocycles. The summed E-state index contributed by atoms with van der Waals surface area (Å²) in [6, 6.07) is 34.2.